The van der Waals surface area contributed by atoms with E-state index in [1.165, 1.54) is 11.8 Å². The van der Waals surface area contributed by atoms with E-state index in [4.69, 9.17) is 4.42 Å². The number of halogens is 1. The Morgan fingerprint density at radius 2 is 1.85 bits per heavy atom. The van der Waals surface area contributed by atoms with E-state index in [0.717, 1.165) is 20.3 Å². The first-order chi connectivity index (χ1) is 9.74. The van der Waals surface area contributed by atoms with Gasteiger partial charge in [0, 0.05) is 14.8 Å². The zero-order valence-corrected chi connectivity index (χ0v) is 12.9. The van der Waals surface area contributed by atoms with Gasteiger partial charge in [-0.1, -0.05) is 30.3 Å². The van der Waals surface area contributed by atoms with Crippen molar-refractivity contribution in [2.75, 3.05) is 5.75 Å². The fraction of sp³-hybridized carbons (Fsp3) is 0.0625. The molecule has 2 nitrogen and oxygen atoms in total. The largest absolute Gasteiger partial charge is 0.453 e. The molecule has 0 aliphatic carbocycles. The molecule has 0 spiro atoms. The van der Waals surface area contributed by atoms with Crippen molar-refractivity contribution < 1.29 is 9.21 Å². The molecule has 3 aromatic rings. The molecule has 4 heteroatoms. The minimum atomic E-state index is 0.00181. The summed E-state index contributed by atoms with van der Waals surface area (Å²) in [6.07, 6.45) is 0. The first-order valence-electron chi connectivity index (χ1n) is 6.13. The Morgan fingerprint density at radius 1 is 1.10 bits per heavy atom. The highest BCUT2D eigenvalue weighted by atomic mass is 79.9. The number of para-hydroxylation sites is 1. The van der Waals surface area contributed by atoms with Crippen molar-refractivity contribution in [1.29, 1.82) is 0 Å². The van der Waals surface area contributed by atoms with Crippen molar-refractivity contribution in [3.63, 3.8) is 0 Å². The van der Waals surface area contributed by atoms with Crippen molar-refractivity contribution in [3.05, 3.63) is 64.8 Å². The van der Waals surface area contributed by atoms with Gasteiger partial charge in [0.25, 0.3) is 0 Å². The molecule has 0 bridgehead atoms. The topological polar surface area (TPSA) is 30.2 Å². The van der Waals surface area contributed by atoms with Gasteiger partial charge in [0.2, 0.25) is 5.78 Å². The number of fused-ring (bicyclic) bond motifs is 1. The third-order valence-corrected chi connectivity index (χ3v) is 4.92. The quantitative estimate of drug-likeness (QED) is 0.482. The monoisotopic (exact) mass is 346 g/mol. The number of carbonyl (C=O) groups excluding carboxylic acids is 1. The maximum Gasteiger partial charge on any atom is 0.208 e. The van der Waals surface area contributed by atoms with Gasteiger partial charge in [0.1, 0.15) is 5.58 Å². The molecule has 3 rings (SSSR count). The van der Waals surface area contributed by atoms with Crippen LogP contribution in [0.3, 0.4) is 0 Å². The van der Waals surface area contributed by atoms with E-state index in [1.807, 2.05) is 48.5 Å². The van der Waals surface area contributed by atoms with Gasteiger partial charge in [0.15, 0.2) is 5.76 Å². The van der Waals surface area contributed by atoms with Crippen molar-refractivity contribution in [2.45, 2.75) is 4.90 Å². The van der Waals surface area contributed by atoms with E-state index in [9.17, 15) is 4.79 Å². The zero-order valence-electron chi connectivity index (χ0n) is 10.5. The number of thioether (sulfide) groups is 1. The molecule has 0 N–H and O–H groups in total. The van der Waals surface area contributed by atoms with Crippen LogP contribution in [0.2, 0.25) is 0 Å². The van der Waals surface area contributed by atoms with Crippen molar-refractivity contribution in [3.8, 4) is 0 Å². The average molecular weight is 347 g/mol. The molecule has 0 aliphatic rings. The third kappa shape index (κ3) is 2.81. The van der Waals surface area contributed by atoms with E-state index in [0.29, 0.717) is 11.5 Å². The van der Waals surface area contributed by atoms with Gasteiger partial charge in [-0.2, -0.15) is 0 Å². The molecule has 0 radical (unpaired) electrons. The lowest BCUT2D eigenvalue weighted by Crippen LogP contribution is -2.00. The number of hydrogen-bond donors (Lipinski definition) is 0. The maximum absolute atomic E-state index is 12.2. The lowest BCUT2D eigenvalue weighted by atomic mass is 10.2. The number of hydrogen-bond acceptors (Lipinski definition) is 3. The molecule has 0 saturated carbocycles. The van der Waals surface area contributed by atoms with E-state index in [1.54, 1.807) is 6.07 Å². The Balaban J connectivity index is 1.75. The molecule has 0 fully saturated rings. The lowest BCUT2D eigenvalue weighted by Gasteiger charge is -2.01. The van der Waals surface area contributed by atoms with Crippen LogP contribution in [0.25, 0.3) is 11.0 Å². The Bertz CT molecular complexity index is 731. The Kier molecular flexibility index (Phi) is 3.94. The fourth-order valence-corrected chi connectivity index (χ4v) is 3.33. The van der Waals surface area contributed by atoms with Crippen LogP contribution in [0.4, 0.5) is 0 Å². The second-order valence-corrected chi connectivity index (χ2v) is 6.16. The summed E-state index contributed by atoms with van der Waals surface area (Å²) in [5.74, 6) is 0.787. The van der Waals surface area contributed by atoms with E-state index in [-0.39, 0.29) is 5.78 Å². The van der Waals surface area contributed by atoms with Crippen LogP contribution in [0, 0.1) is 0 Å². The predicted molar refractivity (Wildman–Crippen MR) is 85.4 cm³/mol. The molecule has 1 heterocycles. The number of Topliss-reactive ketones (excluding diaryl/α,β-unsaturated/α-hetero) is 1. The van der Waals surface area contributed by atoms with Gasteiger partial charge in [-0.15, -0.1) is 11.8 Å². The van der Waals surface area contributed by atoms with E-state index in [2.05, 4.69) is 15.9 Å². The third-order valence-electron chi connectivity index (χ3n) is 2.90. The molecule has 100 valence electrons. The summed E-state index contributed by atoms with van der Waals surface area (Å²) in [4.78, 5) is 13.2. The molecule has 20 heavy (non-hydrogen) atoms. The molecule has 0 unspecified atom stereocenters. The van der Waals surface area contributed by atoms with Gasteiger partial charge >= 0.3 is 0 Å². The molecular weight excluding hydrogens is 336 g/mol. The highest BCUT2D eigenvalue weighted by Crippen LogP contribution is 2.28. The second-order valence-electron chi connectivity index (χ2n) is 4.29. The molecule has 2 aromatic carbocycles. The Hall–Kier alpha value is -1.52. The number of carbonyl (C=O) groups is 1. The summed E-state index contributed by atoms with van der Waals surface area (Å²) in [6, 6.07) is 17.3. The molecule has 0 atom stereocenters. The van der Waals surface area contributed by atoms with Gasteiger partial charge in [0.05, 0.1) is 5.75 Å². The number of furan rings is 1. The van der Waals surface area contributed by atoms with Gasteiger partial charge in [-0.05, 0) is 40.2 Å². The van der Waals surface area contributed by atoms with Crippen molar-refractivity contribution in [1.82, 2.24) is 0 Å². The smallest absolute Gasteiger partial charge is 0.208 e. The van der Waals surface area contributed by atoms with Crippen LogP contribution in [0.1, 0.15) is 10.6 Å². The van der Waals surface area contributed by atoms with E-state index < -0.39 is 0 Å². The molecule has 0 amide bonds. The fourth-order valence-electron chi connectivity index (χ4n) is 1.90. The summed E-state index contributed by atoms with van der Waals surface area (Å²) in [7, 11) is 0. The van der Waals surface area contributed by atoms with Crippen LogP contribution in [0.5, 0.6) is 0 Å². The van der Waals surface area contributed by atoms with Crippen LogP contribution < -0.4 is 0 Å². The van der Waals surface area contributed by atoms with Crippen LogP contribution in [-0.2, 0) is 0 Å². The highest BCUT2D eigenvalue weighted by Gasteiger charge is 2.13. The van der Waals surface area contributed by atoms with Crippen molar-refractivity contribution >= 4 is 44.4 Å². The average Bonchev–Trinajstić information content (AvgIpc) is 2.90. The predicted octanol–water partition coefficient (Wildman–Crippen LogP) is 5.17. The van der Waals surface area contributed by atoms with Crippen LogP contribution in [0.15, 0.2) is 68.4 Å². The minimum Gasteiger partial charge on any atom is -0.453 e. The lowest BCUT2D eigenvalue weighted by molar-refractivity contribution is 0.0994. The van der Waals surface area contributed by atoms with Crippen LogP contribution >= 0.6 is 27.7 Å². The molecule has 1 aromatic heterocycles. The summed E-state index contributed by atoms with van der Waals surface area (Å²) in [6.45, 7) is 0. The SMILES string of the molecule is O=C(CSc1ccccc1Br)c1cc2ccccc2o1. The maximum atomic E-state index is 12.2. The molecule has 0 saturated heterocycles. The number of rotatable bonds is 4. The number of benzene rings is 2. The summed E-state index contributed by atoms with van der Waals surface area (Å²) in [5.41, 5.74) is 0.752. The van der Waals surface area contributed by atoms with Gasteiger partial charge in [-0.3, -0.25) is 4.79 Å². The normalized spacial score (nSPS) is 10.8. The van der Waals surface area contributed by atoms with Gasteiger partial charge in [-0.25, -0.2) is 0 Å². The first kappa shape index (κ1) is 13.5. The standard InChI is InChI=1S/C16H11BrO2S/c17-12-6-2-4-8-16(12)20-10-13(18)15-9-11-5-1-3-7-14(11)19-15/h1-9H,10H2. The summed E-state index contributed by atoms with van der Waals surface area (Å²) >= 11 is 4.98. The van der Waals surface area contributed by atoms with Crippen molar-refractivity contribution in [2.24, 2.45) is 0 Å². The Morgan fingerprint density at radius 3 is 2.65 bits per heavy atom. The summed E-state index contributed by atoms with van der Waals surface area (Å²) in [5, 5.41) is 0.960. The van der Waals surface area contributed by atoms with E-state index >= 15 is 0 Å². The van der Waals surface area contributed by atoms with Crippen LogP contribution in [-0.4, -0.2) is 11.5 Å². The zero-order chi connectivity index (χ0) is 13.9. The second kappa shape index (κ2) is 5.85. The minimum absolute atomic E-state index is 0.00181. The highest BCUT2D eigenvalue weighted by molar-refractivity contribution is 9.10. The molecular formula is C16H11BrO2S. The summed E-state index contributed by atoms with van der Waals surface area (Å²) < 4.78 is 6.58. The first-order valence-corrected chi connectivity index (χ1v) is 7.91. The molecule has 0 aliphatic heterocycles. The van der Waals surface area contributed by atoms with Gasteiger partial charge < -0.3 is 4.42 Å². The Labute approximate surface area is 129 Å². The number of ketones is 1.